The minimum Gasteiger partial charge on any atom is -0.493 e. The van der Waals surface area contributed by atoms with Crippen LogP contribution >= 0.6 is 0 Å². The van der Waals surface area contributed by atoms with Crippen LogP contribution < -0.4 is 10.3 Å². The Morgan fingerprint density at radius 2 is 1.97 bits per heavy atom. The molecule has 3 aromatic rings. The summed E-state index contributed by atoms with van der Waals surface area (Å²) in [5, 5.41) is 2.22. The van der Waals surface area contributed by atoms with E-state index in [-0.39, 0.29) is 11.5 Å². The number of hydrogen-bond donors (Lipinski definition) is 0. The number of aromatic nitrogens is 2. The number of fused-ring (bicyclic) bond motifs is 3. The predicted octanol–water partition coefficient (Wildman–Crippen LogP) is 3.91. The molecule has 2 heterocycles. The molecule has 6 nitrogen and oxygen atoms in total. The van der Waals surface area contributed by atoms with Crippen LogP contribution in [0.5, 0.6) is 5.75 Å². The van der Waals surface area contributed by atoms with Crippen molar-refractivity contribution in [1.29, 1.82) is 0 Å². The van der Waals surface area contributed by atoms with E-state index in [1.807, 2.05) is 25.1 Å². The molecule has 0 unspecified atom stereocenters. The average molecular weight is 396 g/mol. The van der Waals surface area contributed by atoms with Gasteiger partial charge in [0.05, 0.1) is 28.8 Å². The van der Waals surface area contributed by atoms with Gasteiger partial charge in [0, 0.05) is 38.8 Å². The quantitative estimate of drug-likeness (QED) is 0.469. The minimum atomic E-state index is -0.126. The Hall–Kier alpha value is -2.89. The summed E-state index contributed by atoms with van der Waals surface area (Å²) in [5.41, 5.74) is 1.82. The molecular formula is C23H29N3O3. The first-order valence-corrected chi connectivity index (χ1v) is 9.98. The lowest BCUT2D eigenvalue weighted by Gasteiger charge is -2.18. The van der Waals surface area contributed by atoms with Gasteiger partial charge < -0.3 is 14.2 Å². The second-order valence-electron chi connectivity index (χ2n) is 8.13. The second kappa shape index (κ2) is 8.23. The first-order valence-electron chi connectivity index (χ1n) is 9.98. The SMILES string of the molecule is Cc1nccc2c1c(=O)n(C)c1cc(OCCCC(C)C)c(C(=O)N(C)C)cc21. The molecule has 1 aromatic carbocycles. The average Bonchev–Trinajstić information content (AvgIpc) is 2.68. The van der Waals surface area contributed by atoms with Gasteiger partial charge in [0.25, 0.3) is 11.5 Å². The molecule has 0 aliphatic rings. The number of rotatable bonds is 6. The molecule has 2 aromatic heterocycles. The zero-order valence-electron chi connectivity index (χ0n) is 18.1. The molecule has 0 bridgehead atoms. The molecule has 0 radical (unpaired) electrons. The van der Waals surface area contributed by atoms with Crippen LogP contribution in [0, 0.1) is 12.8 Å². The lowest BCUT2D eigenvalue weighted by molar-refractivity contribution is 0.0823. The largest absolute Gasteiger partial charge is 0.493 e. The van der Waals surface area contributed by atoms with E-state index < -0.39 is 0 Å². The van der Waals surface area contributed by atoms with Gasteiger partial charge in [-0.1, -0.05) is 13.8 Å². The number of carbonyl (C=O) groups excluding carboxylic acids is 1. The predicted molar refractivity (Wildman–Crippen MR) is 117 cm³/mol. The molecule has 0 saturated carbocycles. The third-order valence-electron chi connectivity index (χ3n) is 5.23. The monoisotopic (exact) mass is 395 g/mol. The van der Waals surface area contributed by atoms with Crippen LogP contribution in [0.3, 0.4) is 0 Å². The Labute approximate surface area is 171 Å². The van der Waals surface area contributed by atoms with E-state index in [0.29, 0.717) is 34.9 Å². The number of carbonyl (C=O) groups is 1. The van der Waals surface area contributed by atoms with Gasteiger partial charge in [-0.05, 0) is 43.2 Å². The molecular weight excluding hydrogens is 366 g/mol. The van der Waals surface area contributed by atoms with Gasteiger partial charge in [0.2, 0.25) is 0 Å². The first-order chi connectivity index (χ1) is 13.7. The maximum absolute atomic E-state index is 12.9. The fourth-order valence-electron chi connectivity index (χ4n) is 3.60. The summed E-state index contributed by atoms with van der Waals surface area (Å²) in [5.74, 6) is 0.987. The molecule has 0 spiro atoms. The zero-order chi connectivity index (χ0) is 21.3. The van der Waals surface area contributed by atoms with Crippen molar-refractivity contribution in [1.82, 2.24) is 14.5 Å². The molecule has 1 amide bonds. The number of nitrogens with zero attached hydrogens (tertiary/aromatic N) is 3. The summed E-state index contributed by atoms with van der Waals surface area (Å²) < 4.78 is 7.63. The van der Waals surface area contributed by atoms with Crippen LogP contribution in [-0.4, -0.2) is 41.1 Å². The van der Waals surface area contributed by atoms with E-state index >= 15 is 0 Å². The molecule has 0 N–H and O–H groups in total. The van der Waals surface area contributed by atoms with Crippen LogP contribution in [0.4, 0.5) is 0 Å². The Bertz CT molecular complexity index is 1130. The molecule has 6 heteroatoms. The standard InChI is InChI=1S/C23H29N3O3/c1-14(2)8-7-11-29-20-13-19-17(12-18(20)22(27)25(4)5)16-9-10-24-15(3)21(16)23(28)26(19)6/h9-10,12-14H,7-8,11H2,1-6H3. The van der Waals surface area contributed by atoms with Gasteiger partial charge in [-0.3, -0.25) is 14.6 Å². The van der Waals surface area contributed by atoms with Crippen LogP contribution in [0.2, 0.25) is 0 Å². The van der Waals surface area contributed by atoms with Crippen molar-refractivity contribution in [3.63, 3.8) is 0 Å². The maximum Gasteiger partial charge on any atom is 0.260 e. The van der Waals surface area contributed by atoms with Gasteiger partial charge in [-0.15, -0.1) is 0 Å². The molecule has 0 atom stereocenters. The Balaban J connectivity index is 2.23. The third kappa shape index (κ3) is 3.97. The van der Waals surface area contributed by atoms with E-state index in [1.165, 1.54) is 0 Å². The van der Waals surface area contributed by atoms with Crippen LogP contribution in [0.15, 0.2) is 29.2 Å². The number of hydrogen-bond acceptors (Lipinski definition) is 4. The summed E-state index contributed by atoms with van der Waals surface area (Å²) in [4.78, 5) is 31.6. The Morgan fingerprint density at radius 1 is 1.24 bits per heavy atom. The highest BCUT2D eigenvalue weighted by Crippen LogP contribution is 2.31. The molecule has 0 saturated heterocycles. The number of ether oxygens (including phenoxy) is 1. The van der Waals surface area contributed by atoms with Crippen LogP contribution in [-0.2, 0) is 7.05 Å². The summed E-state index contributed by atoms with van der Waals surface area (Å²) in [6, 6.07) is 5.49. The van der Waals surface area contributed by atoms with Crippen molar-refractivity contribution in [2.24, 2.45) is 13.0 Å². The van der Waals surface area contributed by atoms with Crippen molar-refractivity contribution in [2.45, 2.75) is 33.6 Å². The summed E-state index contributed by atoms with van der Waals surface area (Å²) in [6.45, 7) is 6.71. The van der Waals surface area contributed by atoms with Crippen molar-refractivity contribution in [3.8, 4) is 5.75 Å². The van der Waals surface area contributed by atoms with Gasteiger partial charge in [-0.25, -0.2) is 0 Å². The van der Waals surface area contributed by atoms with Crippen molar-refractivity contribution in [2.75, 3.05) is 20.7 Å². The smallest absolute Gasteiger partial charge is 0.260 e. The highest BCUT2D eigenvalue weighted by molar-refractivity contribution is 6.10. The highest BCUT2D eigenvalue weighted by atomic mass is 16.5. The highest BCUT2D eigenvalue weighted by Gasteiger charge is 2.20. The van der Waals surface area contributed by atoms with E-state index in [4.69, 9.17) is 4.74 Å². The van der Waals surface area contributed by atoms with Crippen molar-refractivity contribution in [3.05, 3.63) is 46.0 Å². The summed E-state index contributed by atoms with van der Waals surface area (Å²) in [6.07, 6.45) is 3.66. The van der Waals surface area contributed by atoms with Gasteiger partial charge in [0.1, 0.15) is 5.75 Å². The van der Waals surface area contributed by atoms with Gasteiger partial charge in [0.15, 0.2) is 0 Å². The van der Waals surface area contributed by atoms with E-state index in [2.05, 4.69) is 18.8 Å². The number of amides is 1. The molecule has 0 fully saturated rings. The molecule has 0 aliphatic heterocycles. The summed E-state index contributed by atoms with van der Waals surface area (Å²) >= 11 is 0. The fraction of sp³-hybridized carbons (Fsp3) is 0.435. The van der Waals surface area contributed by atoms with E-state index in [9.17, 15) is 9.59 Å². The lowest BCUT2D eigenvalue weighted by atomic mass is 10.0. The lowest BCUT2D eigenvalue weighted by Crippen LogP contribution is -2.23. The summed E-state index contributed by atoms with van der Waals surface area (Å²) in [7, 11) is 5.19. The van der Waals surface area contributed by atoms with Crippen LogP contribution in [0.1, 0.15) is 42.7 Å². The third-order valence-corrected chi connectivity index (χ3v) is 5.23. The molecule has 0 aliphatic carbocycles. The van der Waals surface area contributed by atoms with Crippen molar-refractivity contribution < 1.29 is 9.53 Å². The van der Waals surface area contributed by atoms with Crippen molar-refractivity contribution >= 4 is 27.6 Å². The van der Waals surface area contributed by atoms with Crippen LogP contribution in [0.25, 0.3) is 21.7 Å². The van der Waals surface area contributed by atoms with Gasteiger partial charge in [-0.2, -0.15) is 0 Å². The zero-order valence-corrected chi connectivity index (χ0v) is 18.1. The van der Waals surface area contributed by atoms with E-state index in [0.717, 1.165) is 29.1 Å². The molecule has 29 heavy (non-hydrogen) atoms. The number of aryl methyl sites for hydroxylation is 2. The second-order valence-corrected chi connectivity index (χ2v) is 8.13. The fourth-order valence-corrected chi connectivity index (χ4v) is 3.60. The molecule has 3 rings (SSSR count). The number of pyridine rings is 2. The van der Waals surface area contributed by atoms with Gasteiger partial charge >= 0.3 is 0 Å². The first kappa shape index (κ1) is 20.8. The topological polar surface area (TPSA) is 64.4 Å². The molecule has 154 valence electrons. The number of benzene rings is 1. The van der Waals surface area contributed by atoms with E-state index in [1.54, 1.807) is 36.8 Å². The minimum absolute atomic E-state index is 0.101. The Kier molecular flexibility index (Phi) is 5.91. The maximum atomic E-state index is 12.9. The Morgan fingerprint density at radius 3 is 2.62 bits per heavy atom. The normalized spacial score (nSPS) is 11.4.